The van der Waals surface area contributed by atoms with Gasteiger partial charge in [0.05, 0.1) is 11.3 Å². The highest BCUT2D eigenvalue weighted by atomic mass is 35.5. The number of amides is 1. The molecule has 0 aromatic carbocycles. The van der Waals surface area contributed by atoms with Crippen LogP contribution >= 0.6 is 11.6 Å². The number of aromatic nitrogens is 3. The van der Waals surface area contributed by atoms with E-state index >= 15 is 0 Å². The first kappa shape index (κ1) is 11.7. The van der Waals surface area contributed by atoms with E-state index < -0.39 is 0 Å². The molecule has 3 rings (SSSR count). The summed E-state index contributed by atoms with van der Waals surface area (Å²) in [6, 6.07) is 6.83. The first-order chi connectivity index (χ1) is 9.22. The Kier molecular flexibility index (Phi) is 2.89. The molecule has 1 N–H and O–H groups in total. The van der Waals surface area contributed by atoms with Crippen molar-refractivity contribution in [2.24, 2.45) is 0 Å². The Labute approximate surface area is 113 Å². The molecule has 1 amide bonds. The molecule has 0 radical (unpaired) electrons. The molecule has 0 saturated heterocycles. The predicted octanol–water partition coefficient (Wildman–Crippen LogP) is 2.64. The van der Waals surface area contributed by atoms with E-state index in [0.717, 1.165) is 5.65 Å². The van der Waals surface area contributed by atoms with Crippen molar-refractivity contribution in [3.8, 4) is 0 Å². The van der Waals surface area contributed by atoms with Gasteiger partial charge in [-0.15, -0.1) is 0 Å². The number of pyridine rings is 2. The second-order valence-corrected chi connectivity index (χ2v) is 4.32. The van der Waals surface area contributed by atoms with Gasteiger partial charge in [-0.25, -0.2) is 9.97 Å². The van der Waals surface area contributed by atoms with Crippen LogP contribution in [0.3, 0.4) is 0 Å². The number of anilines is 1. The summed E-state index contributed by atoms with van der Waals surface area (Å²) in [5.41, 5.74) is 1.96. The highest BCUT2D eigenvalue weighted by Gasteiger charge is 2.07. The number of nitrogens with zero attached hydrogens (tertiary/aromatic N) is 3. The fraction of sp³-hybridized carbons (Fsp3) is 0. The Morgan fingerprint density at radius 1 is 1.21 bits per heavy atom. The number of carbonyl (C=O) groups excluding carboxylic acids is 1. The molecule has 3 aromatic heterocycles. The third kappa shape index (κ3) is 2.41. The maximum atomic E-state index is 12.0. The number of nitrogens with one attached hydrogen (secondary N) is 1. The van der Waals surface area contributed by atoms with Crippen molar-refractivity contribution in [1.82, 2.24) is 14.4 Å². The molecule has 0 aliphatic heterocycles. The topological polar surface area (TPSA) is 59.3 Å². The zero-order valence-electron chi connectivity index (χ0n) is 9.75. The summed E-state index contributed by atoms with van der Waals surface area (Å²) in [5, 5.41) is 3.15. The van der Waals surface area contributed by atoms with Crippen LogP contribution in [-0.2, 0) is 0 Å². The third-order valence-electron chi connectivity index (χ3n) is 2.64. The lowest BCUT2D eigenvalue weighted by Gasteiger charge is -2.05. The van der Waals surface area contributed by atoms with Crippen molar-refractivity contribution < 1.29 is 4.79 Å². The Morgan fingerprint density at radius 3 is 2.89 bits per heavy atom. The quantitative estimate of drug-likeness (QED) is 0.730. The number of halogens is 1. The highest BCUT2D eigenvalue weighted by Crippen LogP contribution is 2.12. The molecule has 19 heavy (non-hydrogen) atoms. The molecular weight excluding hydrogens is 264 g/mol. The molecule has 6 heteroatoms. The predicted molar refractivity (Wildman–Crippen MR) is 72.4 cm³/mol. The maximum absolute atomic E-state index is 12.0. The van der Waals surface area contributed by atoms with Crippen LogP contribution < -0.4 is 5.32 Å². The minimum atomic E-state index is -0.233. The molecule has 0 saturated carbocycles. The van der Waals surface area contributed by atoms with Gasteiger partial charge in [-0.2, -0.15) is 0 Å². The average molecular weight is 273 g/mol. The number of hydrogen-bond acceptors (Lipinski definition) is 3. The summed E-state index contributed by atoms with van der Waals surface area (Å²) in [6.07, 6.45) is 6.75. The Hall–Kier alpha value is -2.40. The van der Waals surface area contributed by atoms with E-state index in [2.05, 4.69) is 15.3 Å². The standard InChI is InChI=1S/C13H9ClN4O/c14-11-3-1-9(7-16-11)13(19)17-10-2-4-12-15-5-6-18(12)8-10/h1-8H,(H,17,19). The van der Waals surface area contributed by atoms with Crippen LogP contribution in [0.1, 0.15) is 10.4 Å². The van der Waals surface area contributed by atoms with E-state index in [4.69, 9.17) is 11.6 Å². The van der Waals surface area contributed by atoms with Crippen LogP contribution in [0.15, 0.2) is 49.1 Å². The van der Waals surface area contributed by atoms with Gasteiger partial charge < -0.3 is 9.72 Å². The lowest BCUT2D eigenvalue weighted by Crippen LogP contribution is -2.12. The molecule has 0 bridgehead atoms. The zero-order valence-corrected chi connectivity index (χ0v) is 10.5. The molecule has 0 fully saturated rings. The molecule has 3 aromatic rings. The summed E-state index contributed by atoms with van der Waals surface area (Å²) in [5.74, 6) is -0.233. The second kappa shape index (κ2) is 4.70. The van der Waals surface area contributed by atoms with Gasteiger partial charge in [-0.1, -0.05) is 11.6 Å². The minimum absolute atomic E-state index is 0.233. The summed E-state index contributed by atoms with van der Waals surface area (Å²) in [4.78, 5) is 20.0. The normalized spacial score (nSPS) is 10.6. The molecule has 0 spiro atoms. The average Bonchev–Trinajstić information content (AvgIpc) is 2.87. The second-order valence-electron chi connectivity index (χ2n) is 3.93. The maximum Gasteiger partial charge on any atom is 0.257 e. The van der Waals surface area contributed by atoms with Crippen LogP contribution in [-0.4, -0.2) is 20.3 Å². The summed E-state index contributed by atoms with van der Waals surface area (Å²) >= 11 is 5.68. The van der Waals surface area contributed by atoms with E-state index in [1.54, 1.807) is 30.6 Å². The van der Waals surface area contributed by atoms with Gasteiger partial charge in [0.2, 0.25) is 0 Å². The van der Waals surface area contributed by atoms with E-state index in [-0.39, 0.29) is 5.91 Å². The van der Waals surface area contributed by atoms with Gasteiger partial charge in [-0.05, 0) is 24.3 Å². The van der Waals surface area contributed by atoms with Crippen LogP contribution in [0.5, 0.6) is 0 Å². The molecular formula is C13H9ClN4O. The van der Waals surface area contributed by atoms with E-state index in [9.17, 15) is 4.79 Å². The van der Waals surface area contributed by atoms with Crippen LogP contribution in [0.25, 0.3) is 5.65 Å². The van der Waals surface area contributed by atoms with Gasteiger partial charge >= 0.3 is 0 Å². The van der Waals surface area contributed by atoms with Crippen LogP contribution in [0, 0.1) is 0 Å². The van der Waals surface area contributed by atoms with Gasteiger partial charge in [0, 0.05) is 24.8 Å². The van der Waals surface area contributed by atoms with Crippen molar-refractivity contribution in [3.63, 3.8) is 0 Å². The lowest BCUT2D eigenvalue weighted by molar-refractivity contribution is 0.102. The molecule has 0 unspecified atom stereocenters. The van der Waals surface area contributed by atoms with Gasteiger partial charge in [0.15, 0.2) is 0 Å². The van der Waals surface area contributed by atoms with E-state index in [1.807, 2.05) is 16.7 Å². The number of rotatable bonds is 2. The van der Waals surface area contributed by atoms with Crippen molar-refractivity contribution >= 4 is 28.8 Å². The number of carbonyl (C=O) groups is 1. The van der Waals surface area contributed by atoms with Crippen molar-refractivity contribution in [1.29, 1.82) is 0 Å². The first-order valence-electron chi connectivity index (χ1n) is 5.58. The van der Waals surface area contributed by atoms with Crippen LogP contribution in [0.2, 0.25) is 5.15 Å². The summed E-state index contributed by atoms with van der Waals surface area (Å²) < 4.78 is 1.83. The highest BCUT2D eigenvalue weighted by molar-refractivity contribution is 6.29. The fourth-order valence-electron chi connectivity index (χ4n) is 1.71. The Bertz CT molecular complexity index is 736. The Balaban J connectivity index is 1.83. The third-order valence-corrected chi connectivity index (χ3v) is 2.86. The molecule has 0 atom stereocenters. The van der Waals surface area contributed by atoms with Gasteiger partial charge in [0.25, 0.3) is 5.91 Å². The van der Waals surface area contributed by atoms with Crippen LogP contribution in [0.4, 0.5) is 5.69 Å². The molecule has 94 valence electrons. The monoisotopic (exact) mass is 272 g/mol. The minimum Gasteiger partial charge on any atom is -0.321 e. The first-order valence-corrected chi connectivity index (χ1v) is 5.96. The largest absolute Gasteiger partial charge is 0.321 e. The smallest absolute Gasteiger partial charge is 0.257 e. The number of fused-ring (bicyclic) bond motifs is 1. The SMILES string of the molecule is O=C(Nc1ccc2nccn2c1)c1ccc(Cl)nc1. The Morgan fingerprint density at radius 2 is 2.11 bits per heavy atom. The molecule has 0 aliphatic rings. The summed E-state index contributed by atoms with van der Waals surface area (Å²) in [7, 11) is 0. The lowest BCUT2D eigenvalue weighted by atomic mass is 10.2. The molecule has 5 nitrogen and oxygen atoms in total. The van der Waals surface area contributed by atoms with E-state index in [0.29, 0.717) is 16.4 Å². The van der Waals surface area contributed by atoms with Crippen molar-refractivity contribution in [2.75, 3.05) is 5.32 Å². The number of hydrogen-bond donors (Lipinski definition) is 1. The molecule has 3 heterocycles. The van der Waals surface area contributed by atoms with Crippen molar-refractivity contribution in [3.05, 3.63) is 59.8 Å². The number of imidazole rings is 1. The zero-order chi connectivity index (χ0) is 13.2. The fourth-order valence-corrected chi connectivity index (χ4v) is 1.82. The van der Waals surface area contributed by atoms with Gasteiger partial charge in [-0.3, -0.25) is 4.79 Å². The van der Waals surface area contributed by atoms with Gasteiger partial charge in [0.1, 0.15) is 10.8 Å². The summed E-state index contributed by atoms with van der Waals surface area (Å²) in [6.45, 7) is 0. The van der Waals surface area contributed by atoms with Crippen molar-refractivity contribution in [2.45, 2.75) is 0 Å². The molecule has 0 aliphatic carbocycles. The van der Waals surface area contributed by atoms with E-state index in [1.165, 1.54) is 6.20 Å².